The van der Waals surface area contributed by atoms with Gasteiger partial charge in [0.25, 0.3) is 5.91 Å². The quantitative estimate of drug-likeness (QED) is 0.157. The number of nitrogens with zero attached hydrogens (tertiary/aromatic N) is 9. The molecule has 0 bridgehead atoms. The number of hydrogen-bond acceptors (Lipinski definition) is 10. The minimum Gasteiger partial charge on any atom is -0.397 e. The van der Waals surface area contributed by atoms with Crippen LogP contribution in [0.4, 0.5) is 10.1 Å². The molecule has 1 unspecified atom stereocenters. The number of amides is 3. The summed E-state index contributed by atoms with van der Waals surface area (Å²) in [6, 6.07) is 19.5. The number of fused-ring (bicyclic) bond motifs is 2. The molecule has 4 aliphatic rings. The number of imidazole rings is 1. The van der Waals surface area contributed by atoms with Crippen molar-refractivity contribution in [1.29, 1.82) is 0 Å². The molecule has 6 aromatic rings. The van der Waals surface area contributed by atoms with Crippen LogP contribution in [-0.4, -0.2) is 119 Å². The third-order valence-electron chi connectivity index (χ3n) is 15.5. The summed E-state index contributed by atoms with van der Waals surface area (Å²) in [5.74, 6) is -0.0778. The average Bonchev–Trinajstić information content (AvgIpc) is 3.81. The molecule has 8 heterocycles. The summed E-state index contributed by atoms with van der Waals surface area (Å²) in [4.78, 5) is 70.0. The van der Waals surface area contributed by atoms with Crippen molar-refractivity contribution in [3.63, 3.8) is 0 Å². The van der Waals surface area contributed by atoms with Crippen LogP contribution in [0.5, 0.6) is 0 Å². The maximum atomic E-state index is 14.9. The molecule has 16 heteroatoms. The van der Waals surface area contributed by atoms with Crippen LogP contribution in [0, 0.1) is 11.7 Å². The number of aryl methyl sites for hydroxylation is 2. The van der Waals surface area contributed by atoms with E-state index >= 15 is 0 Å². The molecular weight excluding hydrogens is 862 g/mol. The lowest BCUT2D eigenvalue weighted by atomic mass is 9.88. The number of anilines is 1. The predicted octanol–water partition coefficient (Wildman–Crippen LogP) is 5.99. The van der Waals surface area contributed by atoms with Crippen molar-refractivity contribution in [2.75, 3.05) is 58.1 Å². The van der Waals surface area contributed by atoms with Crippen molar-refractivity contribution in [2.24, 2.45) is 20.0 Å². The summed E-state index contributed by atoms with van der Waals surface area (Å²) >= 11 is 0. The molecule has 2 aromatic carbocycles. The number of likely N-dealkylation sites (tertiary alicyclic amines) is 2. The highest BCUT2D eigenvalue weighted by Crippen LogP contribution is 2.37. The van der Waals surface area contributed by atoms with E-state index in [4.69, 9.17) is 5.73 Å². The van der Waals surface area contributed by atoms with E-state index in [0.717, 1.165) is 118 Å². The fourth-order valence-electron chi connectivity index (χ4n) is 11.5. The van der Waals surface area contributed by atoms with Gasteiger partial charge in [0, 0.05) is 113 Å². The van der Waals surface area contributed by atoms with Crippen molar-refractivity contribution in [2.45, 2.75) is 83.0 Å². The number of nitrogens with two attached hydrogens (primary N) is 1. The van der Waals surface area contributed by atoms with E-state index in [2.05, 4.69) is 72.7 Å². The van der Waals surface area contributed by atoms with E-state index in [1.54, 1.807) is 17.8 Å². The first-order valence-electron chi connectivity index (χ1n) is 24.3. The summed E-state index contributed by atoms with van der Waals surface area (Å²) in [5.41, 5.74) is 13.4. The van der Waals surface area contributed by atoms with Crippen LogP contribution < -0.4 is 16.7 Å². The van der Waals surface area contributed by atoms with E-state index in [9.17, 15) is 23.6 Å². The standard InChI is InChI=1S/C52H62FN11O4/c1-32-29-60(30-35-5-10-43-46(25-35)59(4)52(68)64(43)44-11-12-47(65)57-50(44)66)23-24-63(32)31-34-14-19-62(20-15-34)51(67)38-8-6-36(7-9-38)37-16-21-61(22-17-37)33(2)45-27-41-40(13-18-55-49(41)58(45)3)48-42(53)26-39(54)28-56-48/h5-10,13,18,25-28,32-34,37,44H,11-12,14-17,19-24,29-31,54H2,1-4H3,(H,57,65,66)/t32-,33-,44?/m0/s1. The zero-order chi connectivity index (χ0) is 47.4. The summed E-state index contributed by atoms with van der Waals surface area (Å²) in [6.45, 7) is 12.6. The number of benzene rings is 2. The minimum absolute atomic E-state index is 0.119. The molecule has 356 valence electrons. The van der Waals surface area contributed by atoms with Crippen molar-refractivity contribution >= 4 is 45.5 Å². The molecule has 0 spiro atoms. The molecule has 3 N–H and O–H groups in total. The number of pyridine rings is 2. The number of nitrogens with one attached hydrogen (secondary N) is 1. The van der Waals surface area contributed by atoms with Crippen LogP contribution in [0.15, 0.2) is 77.9 Å². The molecule has 10 rings (SSSR count). The van der Waals surface area contributed by atoms with Crippen molar-refractivity contribution in [3.8, 4) is 11.3 Å². The second-order valence-corrected chi connectivity index (χ2v) is 19.7. The smallest absolute Gasteiger partial charge is 0.329 e. The molecule has 4 fully saturated rings. The number of halogens is 1. The van der Waals surface area contributed by atoms with E-state index < -0.39 is 17.8 Å². The summed E-state index contributed by atoms with van der Waals surface area (Å²) in [5, 5.41) is 3.25. The summed E-state index contributed by atoms with van der Waals surface area (Å²) in [7, 11) is 3.76. The summed E-state index contributed by atoms with van der Waals surface area (Å²) in [6.07, 6.45) is 7.77. The number of carbonyl (C=O) groups excluding carboxylic acids is 3. The van der Waals surface area contributed by atoms with E-state index in [-0.39, 0.29) is 35.7 Å². The molecule has 15 nitrogen and oxygen atoms in total. The number of piperazine rings is 1. The average molecular weight is 924 g/mol. The van der Waals surface area contributed by atoms with Gasteiger partial charge in [0.15, 0.2) is 5.82 Å². The van der Waals surface area contributed by atoms with Gasteiger partial charge in [0.2, 0.25) is 11.8 Å². The van der Waals surface area contributed by atoms with Crippen molar-refractivity contribution < 1.29 is 18.8 Å². The van der Waals surface area contributed by atoms with Crippen LogP contribution in [0.2, 0.25) is 0 Å². The molecule has 4 saturated heterocycles. The van der Waals surface area contributed by atoms with Gasteiger partial charge in [-0.05, 0) is 118 Å². The van der Waals surface area contributed by atoms with Crippen molar-refractivity contribution in [3.05, 3.63) is 112 Å². The lowest BCUT2D eigenvalue weighted by Crippen LogP contribution is -2.53. The first-order chi connectivity index (χ1) is 32.8. The van der Waals surface area contributed by atoms with E-state index in [1.807, 2.05) is 42.3 Å². The highest BCUT2D eigenvalue weighted by atomic mass is 19.1. The van der Waals surface area contributed by atoms with Gasteiger partial charge in [0.1, 0.15) is 17.4 Å². The predicted molar refractivity (Wildman–Crippen MR) is 260 cm³/mol. The number of rotatable bonds is 10. The lowest BCUT2D eigenvalue weighted by Gasteiger charge is -2.42. The number of hydrogen-bond donors (Lipinski definition) is 2. The Morgan fingerprint density at radius 2 is 1.63 bits per heavy atom. The molecule has 3 atom stereocenters. The van der Waals surface area contributed by atoms with E-state index in [1.165, 1.54) is 22.4 Å². The van der Waals surface area contributed by atoms with Crippen molar-refractivity contribution in [1.82, 2.24) is 48.6 Å². The van der Waals surface area contributed by atoms with Gasteiger partial charge in [-0.3, -0.25) is 48.5 Å². The van der Waals surface area contributed by atoms with Crippen LogP contribution in [0.1, 0.15) is 97.6 Å². The van der Waals surface area contributed by atoms with Gasteiger partial charge in [-0.25, -0.2) is 14.2 Å². The fraction of sp³-hybridized carbons (Fsp3) is 0.462. The minimum atomic E-state index is -0.693. The number of imide groups is 1. The Morgan fingerprint density at radius 3 is 2.35 bits per heavy atom. The molecule has 4 aliphatic heterocycles. The van der Waals surface area contributed by atoms with Gasteiger partial charge in [-0.2, -0.15) is 0 Å². The van der Waals surface area contributed by atoms with Gasteiger partial charge in [-0.15, -0.1) is 0 Å². The molecule has 0 saturated carbocycles. The third kappa shape index (κ3) is 8.73. The molecule has 68 heavy (non-hydrogen) atoms. The maximum Gasteiger partial charge on any atom is 0.329 e. The Morgan fingerprint density at radius 1 is 0.868 bits per heavy atom. The number of piperidine rings is 3. The molecular formula is C52H62FN11O4. The highest BCUT2D eigenvalue weighted by molar-refractivity contribution is 6.00. The zero-order valence-electron chi connectivity index (χ0n) is 39.5. The largest absolute Gasteiger partial charge is 0.397 e. The van der Waals surface area contributed by atoms with Gasteiger partial charge in [0.05, 0.1) is 22.9 Å². The SMILES string of the molecule is C[C@H]1CN(Cc2ccc3c(c2)n(C)c(=O)n3C2CCC(=O)NC2=O)CCN1CC1CCN(C(=O)c2ccc(C3CCN([C@@H](C)c4cc5c(-c6ncc(N)cc6F)ccnc5n4C)CC3)cc2)CC1. The van der Waals surface area contributed by atoms with Crippen LogP contribution in [0.3, 0.4) is 0 Å². The molecule has 0 radical (unpaired) electrons. The second-order valence-electron chi connectivity index (χ2n) is 19.7. The maximum absolute atomic E-state index is 14.9. The first kappa shape index (κ1) is 45.5. The van der Waals surface area contributed by atoms with Gasteiger partial charge in [-0.1, -0.05) is 18.2 Å². The number of carbonyl (C=O) groups is 3. The number of aromatic nitrogens is 5. The highest BCUT2D eigenvalue weighted by Gasteiger charge is 2.33. The van der Waals surface area contributed by atoms with Crippen LogP contribution in [0.25, 0.3) is 33.3 Å². The lowest BCUT2D eigenvalue weighted by molar-refractivity contribution is -0.135. The Kier molecular flexibility index (Phi) is 12.5. The number of nitrogen functional groups attached to an aromatic ring is 1. The van der Waals surface area contributed by atoms with Crippen LogP contribution >= 0.6 is 0 Å². The van der Waals surface area contributed by atoms with Crippen LogP contribution in [-0.2, 0) is 30.2 Å². The monoisotopic (exact) mass is 923 g/mol. The van der Waals surface area contributed by atoms with Gasteiger partial charge >= 0.3 is 5.69 Å². The Balaban J connectivity index is 0.682. The third-order valence-corrected chi connectivity index (χ3v) is 15.5. The Hall–Kier alpha value is -6.23. The van der Waals surface area contributed by atoms with E-state index in [0.29, 0.717) is 41.1 Å². The van der Waals surface area contributed by atoms with Gasteiger partial charge < -0.3 is 15.2 Å². The zero-order valence-corrected chi connectivity index (χ0v) is 39.5. The molecule has 4 aromatic heterocycles. The Bertz CT molecular complexity index is 2940. The fourth-order valence-corrected chi connectivity index (χ4v) is 11.5. The molecule has 3 amide bonds. The first-order valence-corrected chi connectivity index (χ1v) is 24.3. The Labute approximate surface area is 395 Å². The summed E-state index contributed by atoms with van der Waals surface area (Å²) < 4.78 is 20.2. The molecule has 0 aliphatic carbocycles. The second kappa shape index (κ2) is 18.7. The normalized spacial score (nSPS) is 21.2. The topological polar surface area (TPSA) is 160 Å².